The Bertz CT molecular complexity index is 594. The molecule has 0 unspecified atom stereocenters. The van der Waals surface area contributed by atoms with Crippen LogP contribution in [0.3, 0.4) is 0 Å². The minimum absolute atomic E-state index is 0.0274. The maximum Gasteiger partial charge on any atom is 0.336 e. The van der Waals surface area contributed by atoms with Crippen molar-refractivity contribution in [2.24, 2.45) is 0 Å². The number of rotatable bonds is 4. The first-order valence-electron chi connectivity index (χ1n) is 5.77. The van der Waals surface area contributed by atoms with Gasteiger partial charge in [0.2, 0.25) is 0 Å². The van der Waals surface area contributed by atoms with E-state index < -0.39 is 11.8 Å². The van der Waals surface area contributed by atoms with Crippen molar-refractivity contribution < 1.29 is 14.3 Å². The van der Waals surface area contributed by atoms with Gasteiger partial charge in [-0.2, -0.15) is 0 Å². The van der Waals surface area contributed by atoms with Gasteiger partial charge in [0.05, 0.1) is 5.56 Å². The van der Waals surface area contributed by atoms with Crippen molar-refractivity contribution in [2.45, 2.75) is 17.6 Å². The molecular formula is C15H13FO2S. The first-order chi connectivity index (χ1) is 9.06. The fraction of sp³-hybridized carbons (Fsp3) is 0.133. The Morgan fingerprint density at radius 3 is 2.53 bits per heavy atom. The monoisotopic (exact) mass is 276 g/mol. The molecule has 98 valence electrons. The fourth-order valence-corrected chi connectivity index (χ4v) is 2.57. The van der Waals surface area contributed by atoms with E-state index in [0.717, 1.165) is 11.0 Å². The molecule has 0 spiro atoms. The van der Waals surface area contributed by atoms with Crippen LogP contribution in [0.25, 0.3) is 0 Å². The number of carbonyl (C=O) groups is 1. The second kappa shape index (κ2) is 5.89. The summed E-state index contributed by atoms with van der Waals surface area (Å²) in [5.74, 6) is -1.12. The third kappa shape index (κ3) is 3.58. The van der Waals surface area contributed by atoms with E-state index in [1.165, 1.54) is 29.5 Å². The lowest BCUT2D eigenvalue weighted by Crippen LogP contribution is -2.02. The zero-order valence-electron chi connectivity index (χ0n) is 10.4. The van der Waals surface area contributed by atoms with Crippen molar-refractivity contribution in [3.8, 4) is 0 Å². The summed E-state index contributed by atoms with van der Waals surface area (Å²) in [5, 5.41) is 9.05. The van der Waals surface area contributed by atoms with Gasteiger partial charge in [0.1, 0.15) is 5.82 Å². The molecule has 0 atom stereocenters. The fourth-order valence-electron chi connectivity index (χ4n) is 1.67. The van der Waals surface area contributed by atoms with Crippen LogP contribution in [-0.2, 0) is 5.75 Å². The molecule has 0 aliphatic rings. The van der Waals surface area contributed by atoms with Crippen molar-refractivity contribution in [3.05, 3.63) is 65.0 Å². The van der Waals surface area contributed by atoms with Crippen LogP contribution < -0.4 is 0 Å². The average Bonchev–Trinajstić information content (AvgIpc) is 2.39. The maximum atomic E-state index is 13.0. The molecule has 2 rings (SSSR count). The highest BCUT2D eigenvalue weighted by molar-refractivity contribution is 7.98. The molecule has 0 bridgehead atoms. The zero-order chi connectivity index (χ0) is 13.8. The number of aryl methyl sites for hydroxylation is 1. The molecule has 0 fully saturated rings. The second-order valence-electron chi connectivity index (χ2n) is 4.21. The van der Waals surface area contributed by atoms with Gasteiger partial charge < -0.3 is 5.11 Å². The molecule has 0 saturated heterocycles. The Balaban J connectivity index is 2.15. The molecule has 19 heavy (non-hydrogen) atoms. The minimum atomic E-state index is -1.10. The van der Waals surface area contributed by atoms with E-state index in [2.05, 4.69) is 0 Å². The van der Waals surface area contributed by atoms with E-state index in [1.54, 1.807) is 0 Å². The standard InChI is InChI=1S/C15H13FO2S/c1-10-2-6-13(7-3-10)19-9-11-4-5-12(16)8-14(11)15(17)18/h2-8H,9H2,1H3,(H,17,18). The molecule has 2 aromatic carbocycles. The molecule has 1 N–H and O–H groups in total. The Morgan fingerprint density at radius 2 is 1.89 bits per heavy atom. The highest BCUT2D eigenvalue weighted by atomic mass is 32.2. The molecule has 0 amide bonds. The molecule has 2 aromatic rings. The van der Waals surface area contributed by atoms with Crippen LogP contribution >= 0.6 is 11.8 Å². The van der Waals surface area contributed by atoms with Gasteiger partial charge in [-0.25, -0.2) is 9.18 Å². The highest BCUT2D eigenvalue weighted by Gasteiger charge is 2.11. The summed E-state index contributed by atoms with van der Waals surface area (Å²) >= 11 is 1.53. The summed E-state index contributed by atoms with van der Waals surface area (Å²) < 4.78 is 13.0. The molecule has 0 aromatic heterocycles. The zero-order valence-corrected chi connectivity index (χ0v) is 11.2. The Hall–Kier alpha value is -1.81. The van der Waals surface area contributed by atoms with Crippen LogP contribution in [0.1, 0.15) is 21.5 Å². The lowest BCUT2D eigenvalue weighted by molar-refractivity contribution is 0.0695. The lowest BCUT2D eigenvalue weighted by atomic mass is 10.1. The molecule has 0 aliphatic carbocycles. The van der Waals surface area contributed by atoms with E-state index in [0.29, 0.717) is 11.3 Å². The van der Waals surface area contributed by atoms with Gasteiger partial charge in [-0.05, 0) is 36.8 Å². The predicted molar refractivity (Wildman–Crippen MR) is 74.1 cm³/mol. The van der Waals surface area contributed by atoms with E-state index in [-0.39, 0.29) is 5.56 Å². The Labute approximate surface area is 115 Å². The minimum Gasteiger partial charge on any atom is -0.478 e. The number of aromatic carboxylic acids is 1. The first-order valence-corrected chi connectivity index (χ1v) is 6.76. The average molecular weight is 276 g/mol. The molecule has 4 heteroatoms. The topological polar surface area (TPSA) is 37.3 Å². The molecule has 2 nitrogen and oxygen atoms in total. The van der Waals surface area contributed by atoms with Gasteiger partial charge in [-0.1, -0.05) is 23.8 Å². The maximum absolute atomic E-state index is 13.0. The van der Waals surface area contributed by atoms with Crippen LogP contribution in [0.5, 0.6) is 0 Å². The summed E-state index contributed by atoms with van der Waals surface area (Å²) in [6.45, 7) is 2.01. The number of halogens is 1. The van der Waals surface area contributed by atoms with Crippen molar-refractivity contribution in [1.29, 1.82) is 0 Å². The van der Waals surface area contributed by atoms with Crippen LogP contribution in [-0.4, -0.2) is 11.1 Å². The number of hydrogen-bond donors (Lipinski definition) is 1. The van der Waals surface area contributed by atoms with Crippen LogP contribution in [0.4, 0.5) is 4.39 Å². The Morgan fingerprint density at radius 1 is 1.21 bits per heavy atom. The predicted octanol–water partition coefficient (Wildman–Crippen LogP) is 4.12. The summed E-state index contributed by atoms with van der Waals surface area (Å²) in [6.07, 6.45) is 0. The van der Waals surface area contributed by atoms with Gasteiger partial charge in [0.15, 0.2) is 0 Å². The largest absolute Gasteiger partial charge is 0.478 e. The Kier molecular flexibility index (Phi) is 4.22. The molecule has 0 saturated carbocycles. The highest BCUT2D eigenvalue weighted by Crippen LogP contribution is 2.25. The third-order valence-corrected chi connectivity index (χ3v) is 3.78. The first kappa shape index (κ1) is 13.6. The summed E-state index contributed by atoms with van der Waals surface area (Å²) in [5.41, 5.74) is 1.83. The van der Waals surface area contributed by atoms with E-state index in [9.17, 15) is 9.18 Å². The normalized spacial score (nSPS) is 10.4. The number of hydrogen-bond acceptors (Lipinski definition) is 2. The van der Waals surface area contributed by atoms with Gasteiger partial charge in [0.25, 0.3) is 0 Å². The van der Waals surface area contributed by atoms with Crippen LogP contribution in [0, 0.1) is 12.7 Å². The van der Waals surface area contributed by atoms with Crippen molar-refractivity contribution in [3.63, 3.8) is 0 Å². The quantitative estimate of drug-likeness (QED) is 0.853. The number of benzene rings is 2. The van der Waals surface area contributed by atoms with Crippen molar-refractivity contribution in [2.75, 3.05) is 0 Å². The van der Waals surface area contributed by atoms with Crippen molar-refractivity contribution >= 4 is 17.7 Å². The number of carboxylic acid groups (broad SMARTS) is 1. The summed E-state index contributed by atoms with van der Waals surface area (Å²) in [6, 6.07) is 11.9. The molecular weight excluding hydrogens is 263 g/mol. The van der Waals surface area contributed by atoms with Crippen molar-refractivity contribution in [1.82, 2.24) is 0 Å². The summed E-state index contributed by atoms with van der Waals surface area (Å²) in [7, 11) is 0. The van der Waals surface area contributed by atoms with Gasteiger partial charge in [-0.3, -0.25) is 0 Å². The number of carboxylic acids is 1. The third-order valence-electron chi connectivity index (χ3n) is 2.72. The molecule has 0 heterocycles. The van der Waals surface area contributed by atoms with E-state index >= 15 is 0 Å². The molecule has 0 radical (unpaired) electrons. The SMILES string of the molecule is Cc1ccc(SCc2ccc(F)cc2C(=O)O)cc1. The van der Waals surface area contributed by atoms with Gasteiger partial charge >= 0.3 is 5.97 Å². The second-order valence-corrected chi connectivity index (χ2v) is 5.26. The van der Waals surface area contributed by atoms with Gasteiger partial charge in [0, 0.05) is 10.6 Å². The van der Waals surface area contributed by atoms with E-state index in [4.69, 9.17) is 5.11 Å². The van der Waals surface area contributed by atoms with Crippen LogP contribution in [0.15, 0.2) is 47.4 Å². The summed E-state index contributed by atoms with van der Waals surface area (Å²) in [4.78, 5) is 12.1. The number of thioether (sulfide) groups is 1. The smallest absolute Gasteiger partial charge is 0.336 e. The lowest BCUT2D eigenvalue weighted by Gasteiger charge is -2.06. The van der Waals surface area contributed by atoms with Crippen LogP contribution in [0.2, 0.25) is 0 Å². The van der Waals surface area contributed by atoms with E-state index in [1.807, 2.05) is 31.2 Å². The molecule has 0 aliphatic heterocycles. The van der Waals surface area contributed by atoms with Gasteiger partial charge in [-0.15, -0.1) is 11.8 Å².